The molecule has 0 aliphatic carbocycles. The quantitative estimate of drug-likeness (QED) is 0.800. The number of nitrogens with one attached hydrogen (secondary N) is 2. The first-order valence-corrected chi connectivity index (χ1v) is 8.16. The maximum Gasteiger partial charge on any atom is 0.254 e. The fourth-order valence-corrected chi connectivity index (χ4v) is 2.62. The number of unbranched alkanes of at least 4 members (excludes halogenated alkanes) is 1. The van der Waals surface area contributed by atoms with Crippen LogP contribution in [0.15, 0.2) is 18.2 Å². The summed E-state index contributed by atoms with van der Waals surface area (Å²) < 4.78 is 26.3. The Morgan fingerprint density at radius 2 is 2.04 bits per heavy atom. The number of halogens is 2. The summed E-state index contributed by atoms with van der Waals surface area (Å²) in [5, 5.41) is 13.7. The van der Waals surface area contributed by atoms with E-state index < -0.39 is 23.4 Å². The maximum absolute atomic E-state index is 13.5. The van der Waals surface area contributed by atoms with Crippen LogP contribution in [0.3, 0.4) is 0 Å². The van der Waals surface area contributed by atoms with Crippen molar-refractivity contribution in [2.75, 3.05) is 11.9 Å². The topological polar surface area (TPSA) is 84.0 Å². The van der Waals surface area contributed by atoms with E-state index in [1.807, 2.05) is 0 Å². The van der Waals surface area contributed by atoms with Gasteiger partial charge in [0.25, 0.3) is 5.91 Å². The summed E-state index contributed by atoms with van der Waals surface area (Å²) in [6.45, 7) is 1.70. The Morgan fingerprint density at radius 1 is 1.25 bits per heavy atom. The predicted octanol–water partition coefficient (Wildman–Crippen LogP) is 2.53. The lowest BCUT2D eigenvalue weighted by molar-refractivity contribution is -0.115. The van der Waals surface area contributed by atoms with Gasteiger partial charge in [-0.1, -0.05) is 24.7 Å². The van der Waals surface area contributed by atoms with Crippen LogP contribution in [0.25, 0.3) is 0 Å². The summed E-state index contributed by atoms with van der Waals surface area (Å²) in [7, 11) is 0. The summed E-state index contributed by atoms with van der Waals surface area (Å²) in [5.74, 6) is -3.08. The smallest absolute Gasteiger partial charge is 0.254 e. The molecule has 2 aromatic rings. The molecule has 0 bridgehead atoms. The van der Waals surface area contributed by atoms with Gasteiger partial charge in [-0.25, -0.2) is 8.78 Å². The lowest BCUT2D eigenvalue weighted by atomic mass is 10.2. The maximum atomic E-state index is 13.5. The molecule has 1 heterocycles. The molecule has 6 nitrogen and oxygen atoms in total. The molecule has 2 amide bonds. The zero-order valence-corrected chi connectivity index (χ0v) is 13.8. The zero-order chi connectivity index (χ0) is 17.5. The van der Waals surface area contributed by atoms with Gasteiger partial charge in [0.05, 0.1) is 12.1 Å². The Labute approximate surface area is 141 Å². The molecule has 2 rings (SSSR count). The van der Waals surface area contributed by atoms with Gasteiger partial charge in [0, 0.05) is 12.5 Å². The van der Waals surface area contributed by atoms with Crippen LogP contribution in [-0.2, 0) is 11.2 Å². The van der Waals surface area contributed by atoms with E-state index in [2.05, 4.69) is 27.8 Å². The minimum Gasteiger partial charge on any atom is -0.343 e. The van der Waals surface area contributed by atoms with Gasteiger partial charge in [-0.05, 0) is 18.6 Å². The van der Waals surface area contributed by atoms with Crippen LogP contribution in [0.2, 0.25) is 0 Å². The standard InChI is InChI=1S/C15H16F2N4O2S/c1-2-3-4-13-20-21-15(24-13)19-12(22)8-18-14(23)10-6-5-9(16)7-11(10)17/h5-7H,2-4,8H2,1H3,(H,18,23)(H,19,21,22). The first-order chi connectivity index (χ1) is 11.5. The van der Waals surface area contributed by atoms with E-state index in [0.717, 1.165) is 36.4 Å². The van der Waals surface area contributed by atoms with E-state index in [0.29, 0.717) is 11.2 Å². The predicted molar refractivity (Wildman–Crippen MR) is 85.8 cm³/mol. The first-order valence-electron chi connectivity index (χ1n) is 7.35. The second kappa shape index (κ2) is 8.44. The molecule has 128 valence electrons. The van der Waals surface area contributed by atoms with E-state index in [1.54, 1.807) is 0 Å². The Balaban J connectivity index is 1.84. The molecule has 0 saturated carbocycles. The van der Waals surface area contributed by atoms with Crippen LogP contribution in [-0.4, -0.2) is 28.6 Å². The third-order valence-electron chi connectivity index (χ3n) is 3.04. The third-order valence-corrected chi connectivity index (χ3v) is 3.94. The molecule has 0 radical (unpaired) electrons. The average Bonchev–Trinajstić information content (AvgIpc) is 2.98. The number of rotatable bonds is 7. The van der Waals surface area contributed by atoms with E-state index in [4.69, 9.17) is 0 Å². The minimum absolute atomic E-state index is 0.332. The summed E-state index contributed by atoms with van der Waals surface area (Å²) in [4.78, 5) is 23.5. The number of aryl methyl sites for hydroxylation is 1. The summed E-state index contributed by atoms with van der Waals surface area (Å²) in [5.41, 5.74) is -0.332. The molecule has 0 fully saturated rings. The minimum atomic E-state index is -0.988. The highest BCUT2D eigenvalue weighted by molar-refractivity contribution is 7.15. The average molecular weight is 354 g/mol. The van der Waals surface area contributed by atoms with Gasteiger partial charge in [-0.15, -0.1) is 10.2 Å². The second-order valence-corrected chi connectivity index (χ2v) is 6.02. The van der Waals surface area contributed by atoms with Crippen molar-refractivity contribution in [3.05, 3.63) is 40.4 Å². The fraction of sp³-hybridized carbons (Fsp3) is 0.333. The molecule has 0 aliphatic heterocycles. The largest absolute Gasteiger partial charge is 0.343 e. The van der Waals surface area contributed by atoms with Crippen molar-refractivity contribution in [2.24, 2.45) is 0 Å². The van der Waals surface area contributed by atoms with Crippen molar-refractivity contribution in [2.45, 2.75) is 26.2 Å². The van der Waals surface area contributed by atoms with Crippen LogP contribution < -0.4 is 10.6 Å². The number of carbonyl (C=O) groups is 2. The SMILES string of the molecule is CCCCc1nnc(NC(=O)CNC(=O)c2ccc(F)cc2F)s1. The van der Waals surface area contributed by atoms with Crippen LogP contribution in [0, 0.1) is 11.6 Å². The Morgan fingerprint density at radius 3 is 2.75 bits per heavy atom. The number of amides is 2. The summed E-state index contributed by atoms with van der Waals surface area (Å²) >= 11 is 1.27. The van der Waals surface area contributed by atoms with Crippen molar-refractivity contribution >= 4 is 28.3 Å². The summed E-state index contributed by atoms with van der Waals surface area (Å²) in [6.07, 6.45) is 2.82. The van der Waals surface area contributed by atoms with Crippen molar-refractivity contribution < 1.29 is 18.4 Å². The van der Waals surface area contributed by atoms with Crippen molar-refractivity contribution in [3.8, 4) is 0 Å². The molecule has 0 spiro atoms. The number of hydrogen-bond acceptors (Lipinski definition) is 5. The highest BCUT2D eigenvalue weighted by Crippen LogP contribution is 2.16. The van der Waals surface area contributed by atoms with Gasteiger partial charge >= 0.3 is 0 Å². The molecule has 0 unspecified atom stereocenters. The molecule has 0 saturated heterocycles. The molecular formula is C15H16F2N4O2S. The van der Waals surface area contributed by atoms with Gasteiger partial charge in [0.15, 0.2) is 0 Å². The molecule has 0 atom stereocenters. The van der Waals surface area contributed by atoms with Gasteiger partial charge in [0.1, 0.15) is 16.6 Å². The highest BCUT2D eigenvalue weighted by Gasteiger charge is 2.14. The van der Waals surface area contributed by atoms with Crippen LogP contribution in [0.4, 0.5) is 13.9 Å². The number of carbonyl (C=O) groups excluding carboxylic acids is 2. The number of anilines is 1. The molecule has 2 N–H and O–H groups in total. The molecule has 0 aliphatic rings. The number of aromatic nitrogens is 2. The molecular weight excluding hydrogens is 338 g/mol. The van der Waals surface area contributed by atoms with E-state index in [-0.39, 0.29) is 12.1 Å². The Bertz CT molecular complexity index is 736. The van der Waals surface area contributed by atoms with E-state index in [1.165, 1.54) is 11.3 Å². The lowest BCUT2D eigenvalue weighted by Gasteiger charge is -2.05. The van der Waals surface area contributed by atoms with Crippen molar-refractivity contribution in [1.29, 1.82) is 0 Å². The summed E-state index contributed by atoms with van der Waals surface area (Å²) in [6, 6.07) is 2.59. The van der Waals surface area contributed by atoms with Crippen LogP contribution >= 0.6 is 11.3 Å². The number of hydrogen-bond donors (Lipinski definition) is 2. The Kier molecular flexibility index (Phi) is 6.30. The third kappa shape index (κ3) is 5.05. The zero-order valence-electron chi connectivity index (χ0n) is 12.9. The van der Waals surface area contributed by atoms with Gasteiger partial charge < -0.3 is 5.32 Å². The van der Waals surface area contributed by atoms with Crippen molar-refractivity contribution in [3.63, 3.8) is 0 Å². The van der Waals surface area contributed by atoms with E-state index >= 15 is 0 Å². The van der Waals surface area contributed by atoms with Gasteiger partial charge in [-0.3, -0.25) is 14.9 Å². The molecule has 1 aromatic carbocycles. The monoisotopic (exact) mass is 354 g/mol. The lowest BCUT2D eigenvalue weighted by Crippen LogP contribution is -2.33. The second-order valence-electron chi connectivity index (χ2n) is 4.96. The van der Waals surface area contributed by atoms with Crippen LogP contribution in [0.1, 0.15) is 35.1 Å². The molecule has 9 heteroatoms. The normalized spacial score (nSPS) is 10.5. The molecule has 24 heavy (non-hydrogen) atoms. The number of benzene rings is 1. The van der Waals surface area contributed by atoms with E-state index in [9.17, 15) is 18.4 Å². The highest BCUT2D eigenvalue weighted by atomic mass is 32.1. The fourth-order valence-electron chi connectivity index (χ4n) is 1.83. The first kappa shape index (κ1) is 17.9. The van der Waals surface area contributed by atoms with Gasteiger partial charge in [-0.2, -0.15) is 0 Å². The van der Waals surface area contributed by atoms with Crippen molar-refractivity contribution in [1.82, 2.24) is 15.5 Å². The number of nitrogens with zero attached hydrogens (tertiary/aromatic N) is 2. The Hall–Kier alpha value is -2.42. The molecule has 1 aromatic heterocycles. The van der Waals surface area contributed by atoms with Gasteiger partial charge in [0.2, 0.25) is 11.0 Å². The van der Waals surface area contributed by atoms with Crippen LogP contribution in [0.5, 0.6) is 0 Å².